The molecule has 0 atom stereocenters. The number of allylic oxidation sites excluding steroid dienone is 2. The number of nitrogens with two attached hydrogens (primary N) is 1. The molecule has 0 bridgehead atoms. The Morgan fingerprint density at radius 3 is 2.57 bits per heavy atom. The first-order chi connectivity index (χ1) is 17.6. The molecule has 0 spiro atoms. The summed E-state index contributed by atoms with van der Waals surface area (Å²) in [6.45, 7) is 4.71. The number of furan rings is 1. The van der Waals surface area contributed by atoms with Crippen LogP contribution in [0.1, 0.15) is 53.7 Å². The van der Waals surface area contributed by atoms with Gasteiger partial charge in [0, 0.05) is 29.5 Å². The summed E-state index contributed by atoms with van der Waals surface area (Å²) in [5.41, 5.74) is 8.12. The summed E-state index contributed by atoms with van der Waals surface area (Å²) in [4.78, 5) is 25.0. The molecule has 0 aliphatic heterocycles. The predicted octanol–water partition coefficient (Wildman–Crippen LogP) is 6.08. The first-order valence-electron chi connectivity index (χ1n) is 12.0. The summed E-state index contributed by atoms with van der Waals surface area (Å²) >= 11 is 0. The van der Waals surface area contributed by atoms with Gasteiger partial charge in [-0.25, -0.2) is 13.2 Å². The lowest BCUT2D eigenvalue weighted by Gasteiger charge is -2.14. The number of hydrogen-bond donors (Lipinski definition) is 2. The fourth-order valence-electron chi connectivity index (χ4n) is 3.84. The van der Waals surface area contributed by atoms with Gasteiger partial charge in [-0.3, -0.25) is 9.59 Å². The van der Waals surface area contributed by atoms with Gasteiger partial charge in [0.15, 0.2) is 0 Å². The summed E-state index contributed by atoms with van der Waals surface area (Å²) in [6.07, 6.45) is -0.154. The number of amides is 2. The van der Waals surface area contributed by atoms with Gasteiger partial charge in [-0.15, -0.1) is 0 Å². The number of rotatable bonds is 12. The molecule has 0 fully saturated rings. The molecule has 1 heterocycles. The van der Waals surface area contributed by atoms with E-state index in [1.165, 1.54) is 12.1 Å². The highest BCUT2D eigenvalue weighted by Crippen LogP contribution is 2.36. The highest BCUT2D eigenvalue weighted by atomic mass is 19.3. The van der Waals surface area contributed by atoms with Crippen molar-refractivity contribution >= 4 is 22.8 Å². The normalized spacial score (nSPS) is 11.9. The van der Waals surface area contributed by atoms with E-state index in [0.717, 1.165) is 0 Å². The lowest BCUT2D eigenvalue weighted by atomic mass is 9.98. The van der Waals surface area contributed by atoms with Crippen LogP contribution in [0.4, 0.5) is 13.2 Å². The fraction of sp³-hybridized carbons (Fsp3) is 0.357. The maximum Gasteiger partial charge on any atom is 0.272 e. The molecule has 37 heavy (non-hydrogen) atoms. The smallest absolute Gasteiger partial charge is 0.272 e. The molecule has 1 aromatic heterocycles. The van der Waals surface area contributed by atoms with Gasteiger partial charge in [0.25, 0.3) is 18.2 Å². The van der Waals surface area contributed by atoms with Gasteiger partial charge in [-0.05, 0) is 60.7 Å². The minimum Gasteiger partial charge on any atom is -0.487 e. The first-order valence-corrected chi connectivity index (χ1v) is 12.0. The Balaban J connectivity index is 2.06. The molecular weight excluding hydrogens is 485 g/mol. The third-order valence-corrected chi connectivity index (χ3v) is 5.67. The first kappa shape index (κ1) is 27.8. The zero-order chi connectivity index (χ0) is 27.1. The molecule has 0 saturated heterocycles. The number of carbonyl (C=O) groups excluding carboxylic acids is 2. The molecule has 3 rings (SSSR count). The van der Waals surface area contributed by atoms with Crippen LogP contribution in [0.5, 0.6) is 5.75 Å². The van der Waals surface area contributed by atoms with Crippen molar-refractivity contribution in [3.63, 3.8) is 0 Å². The third kappa shape index (κ3) is 7.15. The van der Waals surface area contributed by atoms with Crippen LogP contribution in [0.3, 0.4) is 0 Å². The number of halogens is 3. The van der Waals surface area contributed by atoms with E-state index >= 15 is 0 Å². The van der Waals surface area contributed by atoms with E-state index in [4.69, 9.17) is 14.9 Å². The van der Waals surface area contributed by atoms with Crippen LogP contribution in [-0.4, -0.2) is 38.1 Å². The van der Waals surface area contributed by atoms with E-state index in [9.17, 15) is 22.8 Å². The van der Waals surface area contributed by atoms with Crippen LogP contribution in [0.2, 0.25) is 0 Å². The number of carbonyl (C=O) groups is 2. The molecule has 6 nitrogen and oxygen atoms in total. The minimum atomic E-state index is -2.68. The standard InChI is InChI=1S/C28H31F3N2O4/c1-16(2)14-33-28(35)19-8-9-22(36-15-25(30)31)20(12-19)18-7-10-23-21(11-18)26(27(32)34)24(37-23)6-4-5-17(3)13-29/h5,7-12,16,25H,4,6,13-15H2,1-3H3,(H2,32,34)(H,33,35). The molecule has 3 aromatic rings. The Morgan fingerprint density at radius 1 is 1.16 bits per heavy atom. The number of hydrogen-bond acceptors (Lipinski definition) is 4. The molecule has 3 N–H and O–H groups in total. The second-order valence-corrected chi connectivity index (χ2v) is 9.22. The van der Waals surface area contributed by atoms with Gasteiger partial charge >= 0.3 is 0 Å². The number of primary amides is 1. The third-order valence-electron chi connectivity index (χ3n) is 5.67. The number of benzene rings is 2. The topological polar surface area (TPSA) is 94.6 Å². The zero-order valence-corrected chi connectivity index (χ0v) is 21.1. The van der Waals surface area contributed by atoms with Crippen LogP contribution in [0.15, 0.2) is 52.5 Å². The second-order valence-electron chi connectivity index (χ2n) is 9.22. The quantitative estimate of drug-likeness (QED) is 0.286. The molecule has 0 saturated carbocycles. The lowest BCUT2D eigenvalue weighted by Crippen LogP contribution is -2.27. The van der Waals surface area contributed by atoms with Gasteiger partial charge in [0.05, 0.1) is 5.56 Å². The van der Waals surface area contributed by atoms with E-state index < -0.39 is 25.6 Å². The van der Waals surface area contributed by atoms with Crippen molar-refractivity contribution in [2.45, 2.75) is 40.0 Å². The molecule has 0 aliphatic rings. The SMILES string of the molecule is CC(=CCCc1oc2ccc(-c3cc(C(=O)NCC(C)C)ccc3OCC(F)F)cc2c1C(N)=O)CF. The zero-order valence-electron chi connectivity index (χ0n) is 21.1. The Labute approximate surface area is 213 Å². The summed E-state index contributed by atoms with van der Waals surface area (Å²) in [6, 6.07) is 9.54. The molecular formula is C28H31F3N2O4. The summed E-state index contributed by atoms with van der Waals surface area (Å²) in [7, 11) is 0. The van der Waals surface area contributed by atoms with Gasteiger partial charge in [-0.2, -0.15) is 0 Å². The highest BCUT2D eigenvalue weighted by Gasteiger charge is 2.21. The van der Waals surface area contributed by atoms with E-state index in [0.29, 0.717) is 58.4 Å². The fourth-order valence-corrected chi connectivity index (χ4v) is 3.84. The Kier molecular flexibility index (Phi) is 9.38. The Bertz CT molecular complexity index is 1300. The van der Waals surface area contributed by atoms with Crippen molar-refractivity contribution in [3.05, 3.63) is 64.9 Å². The minimum absolute atomic E-state index is 0.163. The monoisotopic (exact) mass is 516 g/mol. The Hall–Kier alpha value is -3.75. The van der Waals surface area contributed by atoms with Gasteiger partial charge < -0.3 is 20.2 Å². The van der Waals surface area contributed by atoms with Crippen LogP contribution >= 0.6 is 0 Å². The van der Waals surface area contributed by atoms with E-state index in [1.54, 1.807) is 37.3 Å². The predicted molar refractivity (Wildman–Crippen MR) is 137 cm³/mol. The largest absolute Gasteiger partial charge is 0.487 e. The second kappa shape index (κ2) is 12.5. The Morgan fingerprint density at radius 2 is 1.92 bits per heavy atom. The number of aryl methyl sites for hydroxylation is 1. The van der Waals surface area contributed by atoms with Crippen LogP contribution in [-0.2, 0) is 6.42 Å². The summed E-state index contributed by atoms with van der Waals surface area (Å²) in [5.74, 6) is -0.210. The lowest BCUT2D eigenvalue weighted by molar-refractivity contribution is 0.0821. The van der Waals surface area contributed by atoms with Crippen molar-refractivity contribution in [2.24, 2.45) is 11.7 Å². The van der Waals surface area contributed by atoms with Crippen LogP contribution in [0, 0.1) is 5.92 Å². The van der Waals surface area contributed by atoms with Crippen molar-refractivity contribution in [1.29, 1.82) is 0 Å². The van der Waals surface area contributed by atoms with Crippen LogP contribution in [0.25, 0.3) is 22.1 Å². The van der Waals surface area contributed by atoms with E-state index in [1.807, 2.05) is 13.8 Å². The number of alkyl halides is 3. The number of ether oxygens (including phenoxy) is 1. The van der Waals surface area contributed by atoms with E-state index in [-0.39, 0.29) is 23.1 Å². The molecule has 198 valence electrons. The number of fused-ring (bicyclic) bond motifs is 1. The van der Waals surface area contributed by atoms with Gasteiger partial charge in [0.2, 0.25) is 0 Å². The molecule has 0 aliphatic carbocycles. The summed E-state index contributed by atoms with van der Waals surface area (Å²) < 4.78 is 49.7. The van der Waals surface area contributed by atoms with Gasteiger partial charge in [-0.1, -0.05) is 26.0 Å². The van der Waals surface area contributed by atoms with Gasteiger partial charge in [0.1, 0.15) is 30.4 Å². The maximum absolute atomic E-state index is 12.9. The average molecular weight is 517 g/mol. The number of nitrogens with one attached hydrogen (secondary N) is 1. The van der Waals surface area contributed by atoms with Crippen molar-refractivity contribution < 1.29 is 31.9 Å². The average Bonchev–Trinajstić information content (AvgIpc) is 3.23. The maximum atomic E-state index is 12.9. The van der Waals surface area contributed by atoms with Crippen molar-refractivity contribution in [3.8, 4) is 16.9 Å². The molecule has 0 unspecified atom stereocenters. The highest BCUT2D eigenvalue weighted by molar-refractivity contribution is 6.07. The molecule has 9 heteroatoms. The molecule has 2 aromatic carbocycles. The van der Waals surface area contributed by atoms with Crippen LogP contribution < -0.4 is 15.8 Å². The summed E-state index contributed by atoms with van der Waals surface area (Å²) in [5, 5.41) is 3.28. The van der Waals surface area contributed by atoms with Crippen molar-refractivity contribution in [2.75, 3.05) is 19.8 Å². The van der Waals surface area contributed by atoms with E-state index in [2.05, 4.69) is 5.32 Å². The molecule has 0 radical (unpaired) electrons. The molecule has 2 amide bonds. The van der Waals surface area contributed by atoms with Crippen molar-refractivity contribution in [1.82, 2.24) is 5.32 Å².